The zero-order chi connectivity index (χ0) is 33.3. The highest BCUT2D eigenvalue weighted by Gasteiger charge is 2.49. The number of fused-ring (bicyclic) bond motifs is 4. The molecule has 2 bridgehead atoms. The minimum atomic E-state index is -0.837. The highest BCUT2D eigenvalue weighted by Crippen LogP contribution is 2.48. The Morgan fingerprint density at radius 2 is 1.90 bits per heavy atom. The molecular formula is C39H41F2N5O3. The van der Waals surface area contributed by atoms with Crippen LogP contribution >= 0.6 is 0 Å². The Hall–Kier alpha value is -4.04. The van der Waals surface area contributed by atoms with E-state index in [4.69, 9.17) is 20.9 Å². The number of likely N-dealkylation sites (tertiary alicyclic amines) is 1. The van der Waals surface area contributed by atoms with Crippen molar-refractivity contribution in [3.63, 3.8) is 0 Å². The van der Waals surface area contributed by atoms with Crippen LogP contribution in [0, 0.1) is 29.4 Å². The molecule has 4 saturated heterocycles. The summed E-state index contributed by atoms with van der Waals surface area (Å²) in [6, 6.07) is 10.1. The number of halogens is 2. The number of hydrogen-bond donors (Lipinski definition) is 2. The van der Waals surface area contributed by atoms with Crippen LogP contribution in [0.3, 0.4) is 0 Å². The standard InChI is InChI=1S/C39H41F2N5O3/c1-2-24-6-5-7-25-16-28(47)17-29(32(24)25)33-31(40)18-30-35(34(33)41)43-37(44-36(30)46-19-26-8-9-27(20-46)42-26)48-23-38(11-12-38)21-45-14-13-39(22-45)10-3-4-15-49-39/h1,5-7,16-18,26-27,42,47H,3-4,8-15,19-23H2. The number of aromatic nitrogens is 2. The van der Waals surface area contributed by atoms with Gasteiger partial charge in [0.1, 0.15) is 22.9 Å². The van der Waals surface area contributed by atoms with Crippen molar-refractivity contribution in [1.82, 2.24) is 20.2 Å². The fourth-order valence-electron chi connectivity index (χ4n) is 8.92. The SMILES string of the molecule is C#Cc1cccc2cc(O)cc(-c3c(F)cc4c(N5CC6CCC(C5)N6)nc(OCC5(CN6CCC7(CCCCO7)C6)CC5)nc4c3F)c12. The molecule has 10 heteroatoms. The van der Waals surface area contributed by atoms with E-state index in [9.17, 15) is 5.11 Å². The van der Waals surface area contributed by atoms with Crippen LogP contribution in [0.2, 0.25) is 0 Å². The van der Waals surface area contributed by atoms with Crippen LogP contribution in [-0.4, -0.2) is 83.6 Å². The van der Waals surface area contributed by atoms with Crippen molar-refractivity contribution in [2.75, 3.05) is 50.8 Å². The molecule has 1 spiro atoms. The third kappa shape index (κ3) is 5.56. The van der Waals surface area contributed by atoms with E-state index in [1.54, 1.807) is 24.3 Å². The number of piperazine rings is 1. The number of phenols is 1. The van der Waals surface area contributed by atoms with Gasteiger partial charge in [0, 0.05) is 78.7 Å². The van der Waals surface area contributed by atoms with Gasteiger partial charge in [0.15, 0.2) is 5.82 Å². The predicted molar refractivity (Wildman–Crippen MR) is 185 cm³/mol. The highest BCUT2D eigenvalue weighted by molar-refractivity contribution is 6.04. The van der Waals surface area contributed by atoms with E-state index in [1.807, 2.05) is 0 Å². The maximum Gasteiger partial charge on any atom is 0.319 e. The topological polar surface area (TPSA) is 83.0 Å². The lowest BCUT2D eigenvalue weighted by molar-refractivity contribution is -0.0704. The molecular weight excluding hydrogens is 624 g/mol. The minimum absolute atomic E-state index is 0.000614. The van der Waals surface area contributed by atoms with E-state index in [-0.39, 0.29) is 51.5 Å². The molecule has 5 heterocycles. The highest BCUT2D eigenvalue weighted by atomic mass is 19.1. The Morgan fingerprint density at radius 3 is 2.65 bits per heavy atom. The van der Waals surface area contributed by atoms with Gasteiger partial charge in [-0.25, -0.2) is 8.78 Å². The maximum atomic E-state index is 17.0. The summed E-state index contributed by atoms with van der Waals surface area (Å²) in [5.41, 5.74) is 0.331. The number of rotatable bonds is 7. The normalized spacial score (nSPS) is 26.1. The smallest absolute Gasteiger partial charge is 0.319 e. The van der Waals surface area contributed by atoms with E-state index < -0.39 is 11.6 Å². The van der Waals surface area contributed by atoms with Gasteiger partial charge in [0.25, 0.3) is 0 Å². The molecule has 4 aliphatic heterocycles. The number of terminal acetylenes is 1. The summed E-state index contributed by atoms with van der Waals surface area (Å²) in [4.78, 5) is 14.1. The van der Waals surface area contributed by atoms with E-state index >= 15 is 8.78 Å². The Balaban J connectivity index is 1.09. The molecule has 1 aliphatic carbocycles. The molecule has 3 aromatic carbocycles. The second-order valence-corrected chi connectivity index (χ2v) is 15.1. The summed E-state index contributed by atoms with van der Waals surface area (Å²) in [6.45, 7) is 5.54. The fourth-order valence-corrected chi connectivity index (χ4v) is 8.92. The molecule has 3 unspecified atom stereocenters. The number of anilines is 1. The van der Waals surface area contributed by atoms with E-state index in [2.05, 4.69) is 26.0 Å². The predicted octanol–water partition coefficient (Wildman–Crippen LogP) is 6.16. The third-order valence-electron chi connectivity index (χ3n) is 11.6. The summed E-state index contributed by atoms with van der Waals surface area (Å²) in [7, 11) is 0. The Bertz CT molecular complexity index is 1990. The summed E-state index contributed by atoms with van der Waals surface area (Å²) < 4.78 is 45.9. The second-order valence-electron chi connectivity index (χ2n) is 15.1. The summed E-state index contributed by atoms with van der Waals surface area (Å²) in [5, 5.41) is 15.6. The van der Waals surface area contributed by atoms with Crippen LogP contribution in [0.4, 0.5) is 14.6 Å². The Morgan fingerprint density at radius 1 is 1.06 bits per heavy atom. The van der Waals surface area contributed by atoms with Crippen LogP contribution in [0.15, 0.2) is 36.4 Å². The zero-order valence-electron chi connectivity index (χ0n) is 27.6. The van der Waals surface area contributed by atoms with Gasteiger partial charge in [-0.2, -0.15) is 9.97 Å². The minimum Gasteiger partial charge on any atom is -0.508 e. The van der Waals surface area contributed by atoms with Crippen LogP contribution in [-0.2, 0) is 4.74 Å². The zero-order valence-corrected chi connectivity index (χ0v) is 27.6. The monoisotopic (exact) mass is 665 g/mol. The van der Waals surface area contributed by atoms with Crippen LogP contribution in [0.5, 0.6) is 11.8 Å². The largest absolute Gasteiger partial charge is 0.508 e. The number of nitrogens with one attached hydrogen (secondary N) is 1. The van der Waals surface area contributed by atoms with Gasteiger partial charge in [-0.15, -0.1) is 6.42 Å². The van der Waals surface area contributed by atoms with Gasteiger partial charge in [-0.1, -0.05) is 18.1 Å². The molecule has 5 fully saturated rings. The fraction of sp³-hybridized carbons (Fsp3) is 0.487. The number of hydrogen-bond acceptors (Lipinski definition) is 8. The van der Waals surface area contributed by atoms with Gasteiger partial charge in [0.2, 0.25) is 0 Å². The van der Waals surface area contributed by atoms with Gasteiger partial charge in [-0.3, -0.25) is 4.90 Å². The van der Waals surface area contributed by atoms with Gasteiger partial charge < -0.3 is 24.8 Å². The molecule has 8 nitrogen and oxygen atoms in total. The van der Waals surface area contributed by atoms with Crippen molar-refractivity contribution >= 4 is 27.5 Å². The number of aromatic hydroxyl groups is 1. The van der Waals surface area contributed by atoms with Crippen molar-refractivity contribution in [2.45, 2.75) is 69.1 Å². The van der Waals surface area contributed by atoms with Crippen molar-refractivity contribution in [1.29, 1.82) is 0 Å². The number of benzene rings is 3. The van der Waals surface area contributed by atoms with Gasteiger partial charge in [-0.05, 0) is 81.0 Å². The number of ether oxygens (including phenoxy) is 2. The molecule has 2 N–H and O–H groups in total. The van der Waals surface area contributed by atoms with Crippen LogP contribution in [0.25, 0.3) is 32.8 Å². The van der Waals surface area contributed by atoms with E-state index in [1.165, 1.54) is 18.6 Å². The number of phenolic OH excluding ortho intramolecular Hbond substituents is 1. The lowest BCUT2D eigenvalue weighted by Gasteiger charge is -2.34. The van der Waals surface area contributed by atoms with E-state index in [0.29, 0.717) is 47.2 Å². The first-order chi connectivity index (χ1) is 23.8. The van der Waals surface area contributed by atoms with Crippen molar-refractivity contribution in [3.05, 3.63) is 53.6 Å². The molecule has 3 atom stereocenters. The Kier molecular flexibility index (Phi) is 7.45. The molecule has 5 aliphatic rings. The van der Waals surface area contributed by atoms with E-state index in [0.717, 1.165) is 71.2 Å². The first kappa shape index (κ1) is 31.0. The lowest BCUT2D eigenvalue weighted by Crippen LogP contribution is -2.51. The molecule has 254 valence electrons. The molecule has 9 rings (SSSR count). The molecule has 0 radical (unpaired) electrons. The Labute approximate surface area is 284 Å². The van der Waals surface area contributed by atoms with Crippen LogP contribution in [0.1, 0.15) is 56.9 Å². The second kappa shape index (κ2) is 11.8. The third-order valence-corrected chi connectivity index (χ3v) is 11.6. The average molecular weight is 666 g/mol. The van der Waals surface area contributed by atoms with Crippen LogP contribution < -0.4 is 15.0 Å². The average Bonchev–Trinajstić information content (AvgIpc) is 3.64. The molecule has 4 aromatic rings. The van der Waals surface area contributed by atoms with Crippen molar-refractivity contribution < 1.29 is 23.4 Å². The first-order valence-electron chi connectivity index (χ1n) is 17.7. The maximum absolute atomic E-state index is 17.0. The van der Waals surface area contributed by atoms with Gasteiger partial charge in [0.05, 0.1) is 17.8 Å². The van der Waals surface area contributed by atoms with Crippen molar-refractivity contribution in [3.8, 4) is 35.2 Å². The first-order valence-corrected chi connectivity index (χ1v) is 17.7. The number of nitrogens with zero attached hydrogens (tertiary/aromatic N) is 4. The van der Waals surface area contributed by atoms with Gasteiger partial charge >= 0.3 is 6.01 Å². The quantitative estimate of drug-likeness (QED) is 0.227. The summed E-state index contributed by atoms with van der Waals surface area (Å²) in [5.74, 6) is 1.39. The lowest BCUT2D eigenvalue weighted by atomic mass is 9.93. The molecule has 1 aromatic heterocycles. The summed E-state index contributed by atoms with van der Waals surface area (Å²) in [6.07, 6.45) is 14.6. The van der Waals surface area contributed by atoms with Crippen molar-refractivity contribution in [2.24, 2.45) is 5.41 Å². The molecule has 1 saturated carbocycles. The molecule has 49 heavy (non-hydrogen) atoms. The summed E-state index contributed by atoms with van der Waals surface area (Å²) >= 11 is 0. The molecule has 0 amide bonds.